The first-order valence-corrected chi connectivity index (χ1v) is 12.4. The summed E-state index contributed by atoms with van der Waals surface area (Å²) in [4.78, 5) is 6.68. The molecule has 2 aromatic heterocycles. The molecule has 1 aromatic carbocycles. The molecule has 0 saturated carbocycles. The van der Waals surface area contributed by atoms with Gasteiger partial charge >= 0.3 is 0 Å². The van der Waals surface area contributed by atoms with E-state index in [0.717, 1.165) is 38.1 Å². The van der Waals surface area contributed by atoms with E-state index in [0.29, 0.717) is 35.9 Å². The SMILES string of the molecule is C[C@@H]1CN(c2ccc(C#N)n3ncc(F)c23)C/C(=C\N2CC(c3ccc(N4CC(C)(N)C4)cc3)C2)O1. The highest BCUT2D eigenvalue weighted by molar-refractivity contribution is 5.75. The Kier molecular flexibility index (Phi) is 5.30. The van der Waals surface area contributed by atoms with Crippen LogP contribution in [-0.4, -0.2) is 65.4 Å². The Balaban J connectivity index is 1.12. The van der Waals surface area contributed by atoms with Gasteiger partial charge in [-0.15, -0.1) is 0 Å². The largest absolute Gasteiger partial charge is 0.490 e. The van der Waals surface area contributed by atoms with E-state index in [1.807, 2.05) is 6.92 Å². The minimum atomic E-state index is -0.436. The maximum Gasteiger partial charge on any atom is 0.171 e. The van der Waals surface area contributed by atoms with Gasteiger partial charge < -0.3 is 25.2 Å². The summed E-state index contributed by atoms with van der Waals surface area (Å²) in [6, 6.07) is 14.4. The summed E-state index contributed by atoms with van der Waals surface area (Å²) in [7, 11) is 0. The van der Waals surface area contributed by atoms with Crippen LogP contribution < -0.4 is 15.5 Å². The molecule has 5 heterocycles. The highest BCUT2D eigenvalue weighted by atomic mass is 19.1. The highest BCUT2D eigenvalue weighted by Crippen LogP contribution is 2.33. The Morgan fingerprint density at radius 1 is 1.14 bits per heavy atom. The number of nitriles is 1. The van der Waals surface area contributed by atoms with Gasteiger partial charge in [-0.25, -0.2) is 8.91 Å². The maximum absolute atomic E-state index is 14.6. The van der Waals surface area contributed by atoms with Gasteiger partial charge in [0, 0.05) is 49.5 Å². The van der Waals surface area contributed by atoms with Crippen LogP contribution in [0.3, 0.4) is 0 Å². The minimum Gasteiger partial charge on any atom is -0.490 e. The number of nitrogens with zero attached hydrogens (tertiary/aromatic N) is 6. The lowest BCUT2D eigenvalue weighted by molar-refractivity contribution is 0.101. The van der Waals surface area contributed by atoms with E-state index in [9.17, 15) is 9.65 Å². The smallest absolute Gasteiger partial charge is 0.171 e. The number of likely N-dealkylation sites (tertiary alicyclic amines) is 1. The van der Waals surface area contributed by atoms with Crippen molar-refractivity contribution in [1.82, 2.24) is 14.5 Å². The van der Waals surface area contributed by atoms with Crippen LogP contribution >= 0.6 is 0 Å². The van der Waals surface area contributed by atoms with Gasteiger partial charge in [-0.1, -0.05) is 12.1 Å². The van der Waals surface area contributed by atoms with Gasteiger partial charge in [-0.2, -0.15) is 10.4 Å². The van der Waals surface area contributed by atoms with E-state index < -0.39 is 5.82 Å². The van der Waals surface area contributed by atoms with E-state index in [1.54, 1.807) is 12.1 Å². The van der Waals surface area contributed by atoms with Crippen molar-refractivity contribution in [2.45, 2.75) is 31.4 Å². The standard InChI is InChI=1S/C27H30FN7O/c1-18-11-33(25-8-7-22(9-29)35-26(25)24(28)10-31-35)15-23(36-18)14-32-12-20(13-32)19-3-5-21(6-4-19)34-16-27(2,30)17-34/h3-8,10,14,18,20H,11-13,15-17,30H2,1-2H3/b23-14+/t18-/m1/s1. The van der Waals surface area contributed by atoms with E-state index in [2.05, 4.69) is 63.3 Å². The number of rotatable bonds is 4. The molecule has 3 aromatic rings. The predicted molar refractivity (Wildman–Crippen MR) is 136 cm³/mol. The summed E-state index contributed by atoms with van der Waals surface area (Å²) in [5.74, 6) is 0.908. The lowest BCUT2D eigenvalue weighted by Gasteiger charge is -2.47. The van der Waals surface area contributed by atoms with Crippen molar-refractivity contribution >= 4 is 16.9 Å². The molecule has 3 fully saturated rings. The van der Waals surface area contributed by atoms with Gasteiger partial charge in [0.2, 0.25) is 0 Å². The lowest BCUT2D eigenvalue weighted by atomic mass is 9.90. The van der Waals surface area contributed by atoms with E-state index in [1.165, 1.54) is 15.8 Å². The summed E-state index contributed by atoms with van der Waals surface area (Å²) in [6.45, 7) is 8.92. The van der Waals surface area contributed by atoms with Crippen molar-refractivity contribution in [2.24, 2.45) is 5.73 Å². The molecule has 0 radical (unpaired) electrons. The topological polar surface area (TPSA) is 86.1 Å². The molecule has 0 spiro atoms. The number of benzene rings is 1. The molecule has 186 valence electrons. The summed E-state index contributed by atoms with van der Waals surface area (Å²) in [5.41, 5.74) is 9.98. The van der Waals surface area contributed by atoms with Crippen molar-refractivity contribution in [1.29, 1.82) is 5.26 Å². The van der Waals surface area contributed by atoms with Crippen LogP contribution in [-0.2, 0) is 4.74 Å². The Morgan fingerprint density at radius 2 is 1.89 bits per heavy atom. The second kappa shape index (κ2) is 8.42. The number of aromatic nitrogens is 2. The maximum atomic E-state index is 14.6. The Bertz CT molecular complexity index is 1360. The molecule has 9 heteroatoms. The summed E-state index contributed by atoms with van der Waals surface area (Å²) < 4.78 is 22.1. The van der Waals surface area contributed by atoms with E-state index in [-0.39, 0.29) is 11.6 Å². The molecule has 0 amide bonds. The Hall–Kier alpha value is -3.77. The summed E-state index contributed by atoms with van der Waals surface area (Å²) in [6.07, 6.45) is 3.20. The first kappa shape index (κ1) is 22.7. The number of nitrogens with two attached hydrogens (primary N) is 1. The predicted octanol–water partition coefficient (Wildman–Crippen LogP) is 3.05. The quantitative estimate of drug-likeness (QED) is 0.605. The number of halogens is 1. The third-order valence-electron chi connectivity index (χ3n) is 7.30. The number of anilines is 2. The van der Waals surface area contributed by atoms with Crippen LogP contribution in [0.1, 0.15) is 31.0 Å². The van der Waals surface area contributed by atoms with Crippen molar-refractivity contribution < 1.29 is 9.13 Å². The molecule has 3 aliphatic rings. The zero-order valence-corrected chi connectivity index (χ0v) is 20.6. The van der Waals surface area contributed by atoms with Gasteiger partial charge in [0.25, 0.3) is 0 Å². The number of ether oxygens (including phenoxy) is 1. The first-order chi connectivity index (χ1) is 17.3. The number of pyridine rings is 1. The fourth-order valence-corrected chi connectivity index (χ4v) is 5.54. The van der Waals surface area contributed by atoms with E-state index in [4.69, 9.17) is 10.5 Å². The lowest BCUT2D eigenvalue weighted by Crippen LogP contribution is -2.65. The molecule has 3 saturated heterocycles. The minimum absolute atomic E-state index is 0.0480. The van der Waals surface area contributed by atoms with Gasteiger partial charge in [0.1, 0.15) is 29.1 Å². The molecule has 3 aliphatic heterocycles. The van der Waals surface area contributed by atoms with Crippen LogP contribution in [0.25, 0.3) is 5.52 Å². The highest BCUT2D eigenvalue weighted by Gasteiger charge is 2.35. The van der Waals surface area contributed by atoms with Gasteiger partial charge in [-0.05, 0) is 43.7 Å². The van der Waals surface area contributed by atoms with Crippen LogP contribution in [0.15, 0.2) is 54.6 Å². The average Bonchev–Trinajstić information content (AvgIpc) is 3.20. The van der Waals surface area contributed by atoms with Crippen LogP contribution in [0.4, 0.5) is 15.8 Å². The molecule has 8 nitrogen and oxygen atoms in total. The van der Waals surface area contributed by atoms with Crippen LogP contribution in [0.2, 0.25) is 0 Å². The van der Waals surface area contributed by atoms with Gasteiger partial charge in [-0.3, -0.25) is 0 Å². The first-order valence-electron chi connectivity index (χ1n) is 12.4. The monoisotopic (exact) mass is 487 g/mol. The second-order valence-electron chi connectivity index (χ2n) is 10.6. The molecule has 1 atom stereocenters. The summed E-state index contributed by atoms with van der Waals surface area (Å²) >= 11 is 0. The van der Waals surface area contributed by atoms with E-state index >= 15 is 0 Å². The summed E-state index contributed by atoms with van der Waals surface area (Å²) in [5, 5.41) is 13.4. The molecule has 6 rings (SSSR count). The number of fused-ring (bicyclic) bond motifs is 1. The molecule has 2 N–H and O–H groups in total. The number of hydrogen-bond donors (Lipinski definition) is 1. The second-order valence-corrected chi connectivity index (χ2v) is 10.6. The Labute approximate surface area is 209 Å². The normalized spacial score (nSPS) is 22.8. The number of hydrogen-bond acceptors (Lipinski definition) is 7. The van der Waals surface area contributed by atoms with Crippen molar-refractivity contribution in [3.8, 4) is 6.07 Å². The van der Waals surface area contributed by atoms with Gasteiger partial charge in [0.15, 0.2) is 5.82 Å². The van der Waals surface area contributed by atoms with Crippen LogP contribution in [0, 0.1) is 17.1 Å². The van der Waals surface area contributed by atoms with Gasteiger partial charge in [0.05, 0.1) is 25.0 Å². The molecule has 0 aliphatic carbocycles. The molecule has 0 unspecified atom stereocenters. The fourth-order valence-electron chi connectivity index (χ4n) is 5.54. The third kappa shape index (κ3) is 4.01. The molecular weight excluding hydrogens is 457 g/mol. The Morgan fingerprint density at radius 3 is 2.58 bits per heavy atom. The molecule has 0 bridgehead atoms. The number of morpholine rings is 1. The van der Waals surface area contributed by atoms with Crippen molar-refractivity contribution in [3.05, 3.63) is 71.6 Å². The van der Waals surface area contributed by atoms with Crippen molar-refractivity contribution in [3.63, 3.8) is 0 Å². The average molecular weight is 488 g/mol. The zero-order valence-electron chi connectivity index (χ0n) is 20.6. The molecule has 36 heavy (non-hydrogen) atoms. The van der Waals surface area contributed by atoms with Crippen molar-refractivity contribution in [2.75, 3.05) is 49.1 Å². The molecular formula is C27H30FN7O. The van der Waals surface area contributed by atoms with Crippen LogP contribution in [0.5, 0.6) is 0 Å². The third-order valence-corrected chi connectivity index (χ3v) is 7.30. The zero-order chi connectivity index (χ0) is 25.0. The fraction of sp³-hybridized carbons (Fsp3) is 0.407.